The van der Waals surface area contributed by atoms with Gasteiger partial charge in [0.05, 0.1) is 12.2 Å². The molecule has 2 rings (SSSR count). The van der Waals surface area contributed by atoms with Crippen molar-refractivity contribution >= 4 is 0 Å². The first-order valence-electron chi connectivity index (χ1n) is 8.77. The van der Waals surface area contributed by atoms with Crippen LogP contribution in [0, 0.1) is 0 Å². The van der Waals surface area contributed by atoms with Crippen LogP contribution < -0.4 is 4.74 Å². The van der Waals surface area contributed by atoms with E-state index in [1.807, 2.05) is 18.2 Å². The van der Waals surface area contributed by atoms with Crippen LogP contribution in [0.2, 0.25) is 0 Å². The van der Waals surface area contributed by atoms with E-state index in [1.165, 1.54) is 5.56 Å². The zero-order valence-electron chi connectivity index (χ0n) is 14.9. The number of hydrogen-bond acceptors (Lipinski definition) is 4. The van der Waals surface area contributed by atoms with Crippen LogP contribution in [0.5, 0.6) is 5.75 Å². The molecule has 1 fully saturated rings. The average Bonchev–Trinajstić information content (AvgIpc) is 2.51. The molecule has 23 heavy (non-hydrogen) atoms. The molecule has 130 valence electrons. The predicted octanol–water partition coefficient (Wildman–Crippen LogP) is 3.05. The van der Waals surface area contributed by atoms with Gasteiger partial charge in [0, 0.05) is 19.6 Å². The summed E-state index contributed by atoms with van der Waals surface area (Å²) in [7, 11) is 0. The molecule has 1 saturated heterocycles. The number of benzene rings is 1. The molecule has 1 aromatic carbocycles. The van der Waals surface area contributed by atoms with E-state index in [0.29, 0.717) is 19.1 Å². The Morgan fingerprint density at radius 3 is 2.57 bits per heavy atom. The van der Waals surface area contributed by atoms with Gasteiger partial charge in [0.25, 0.3) is 0 Å². The summed E-state index contributed by atoms with van der Waals surface area (Å²) in [4.78, 5) is 2.26. The molecular formula is C19H31NO3. The summed E-state index contributed by atoms with van der Waals surface area (Å²) in [5.41, 5.74) is 1.22. The lowest BCUT2D eigenvalue weighted by Gasteiger charge is -2.36. The lowest BCUT2D eigenvalue weighted by Crippen LogP contribution is -2.48. The van der Waals surface area contributed by atoms with Gasteiger partial charge in [-0.1, -0.05) is 32.0 Å². The SMILES string of the molecule is CCC(C)c1ccccc1OCC(O)CN1CC(C)OC(C)C1. The van der Waals surface area contributed by atoms with Crippen molar-refractivity contribution in [2.45, 2.75) is 58.3 Å². The Kier molecular flexibility index (Phi) is 6.88. The van der Waals surface area contributed by atoms with Gasteiger partial charge in [-0.3, -0.25) is 4.90 Å². The number of ether oxygens (including phenoxy) is 2. The monoisotopic (exact) mass is 321 g/mol. The maximum atomic E-state index is 10.3. The molecule has 0 saturated carbocycles. The van der Waals surface area contributed by atoms with Crippen molar-refractivity contribution in [1.29, 1.82) is 0 Å². The van der Waals surface area contributed by atoms with Crippen LogP contribution >= 0.6 is 0 Å². The third-order valence-corrected chi connectivity index (χ3v) is 4.46. The van der Waals surface area contributed by atoms with Crippen LogP contribution in [0.4, 0.5) is 0 Å². The quantitative estimate of drug-likeness (QED) is 0.838. The minimum absolute atomic E-state index is 0.220. The van der Waals surface area contributed by atoms with Crippen LogP contribution in [0.15, 0.2) is 24.3 Å². The summed E-state index contributed by atoms with van der Waals surface area (Å²) >= 11 is 0. The Labute approximate surface area is 140 Å². The van der Waals surface area contributed by atoms with Gasteiger partial charge in [-0.2, -0.15) is 0 Å². The Bertz CT molecular complexity index is 469. The minimum Gasteiger partial charge on any atom is -0.491 e. The van der Waals surface area contributed by atoms with E-state index in [4.69, 9.17) is 9.47 Å². The fourth-order valence-corrected chi connectivity index (χ4v) is 3.21. The molecule has 0 spiro atoms. The second-order valence-corrected chi connectivity index (χ2v) is 6.79. The molecule has 0 aromatic heterocycles. The number of hydrogen-bond donors (Lipinski definition) is 1. The highest BCUT2D eigenvalue weighted by molar-refractivity contribution is 5.35. The molecule has 4 unspecified atom stereocenters. The van der Waals surface area contributed by atoms with E-state index in [2.05, 4.69) is 38.7 Å². The van der Waals surface area contributed by atoms with Crippen LogP contribution in [0.3, 0.4) is 0 Å². The second-order valence-electron chi connectivity index (χ2n) is 6.79. The van der Waals surface area contributed by atoms with Crippen molar-refractivity contribution in [3.8, 4) is 5.75 Å². The third-order valence-electron chi connectivity index (χ3n) is 4.46. The second kappa shape index (κ2) is 8.67. The van der Waals surface area contributed by atoms with Crippen molar-refractivity contribution in [1.82, 2.24) is 4.90 Å². The van der Waals surface area contributed by atoms with Gasteiger partial charge in [0.15, 0.2) is 0 Å². The molecule has 1 aliphatic rings. The van der Waals surface area contributed by atoms with E-state index in [1.54, 1.807) is 0 Å². The molecule has 1 aliphatic heterocycles. The van der Waals surface area contributed by atoms with E-state index in [-0.39, 0.29) is 12.2 Å². The number of β-amino-alcohol motifs (C(OH)–C–C–N with tert-alkyl or cyclic N) is 1. The van der Waals surface area contributed by atoms with Gasteiger partial charge in [0.1, 0.15) is 18.5 Å². The van der Waals surface area contributed by atoms with E-state index in [0.717, 1.165) is 25.3 Å². The van der Waals surface area contributed by atoms with Crippen LogP contribution in [0.25, 0.3) is 0 Å². The lowest BCUT2D eigenvalue weighted by molar-refractivity contribution is -0.0787. The van der Waals surface area contributed by atoms with E-state index in [9.17, 15) is 5.11 Å². The number of rotatable bonds is 7. The normalized spacial score (nSPS) is 25.1. The zero-order chi connectivity index (χ0) is 16.8. The number of nitrogens with zero attached hydrogens (tertiary/aromatic N) is 1. The van der Waals surface area contributed by atoms with Crippen LogP contribution in [-0.2, 0) is 4.74 Å². The van der Waals surface area contributed by atoms with Gasteiger partial charge in [-0.15, -0.1) is 0 Å². The average molecular weight is 321 g/mol. The molecule has 4 atom stereocenters. The van der Waals surface area contributed by atoms with Crippen molar-refractivity contribution in [2.75, 3.05) is 26.2 Å². The fraction of sp³-hybridized carbons (Fsp3) is 0.684. The molecule has 0 radical (unpaired) electrons. The summed E-state index contributed by atoms with van der Waals surface area (Å²) in [6, 6.07) is 8.13. The zero-order valence-corrected chi connectivity index (χ0v) is 14.9. The molecule has 4 heteroatoms. The predicted molar refractivity (Wildman–Crippen MR) is 93.1 cm³/mol. The van der Waals surface area contributed by atoms with Gasteiger partial charge >= 0.3 is 0 Å². The molecule has 0 amide bonds. The highest BCUT2D eigenvalue weighted by Gasteiger charge is 2.24. The van der Waals surface area contributed by atoms with Crippen molar-refractivity contribution < 1.29 is 14.6 Å². The first kappa shape index (κ1) is 18.2. The van der Waals surface area contributed by atoms with Crippen LogP contribution in [0.1, 0.15) is 45.6 Å². The fourth-order valence-electron chi connectivity index (χ4n) is 3.21. The standard InChI is InChI=1S/C19H31NO3/c1-5-14(2)18-8-6-7-9-19(18)22-13-17(21)12-20-10-15(3)23-16(4)11-20/h6-9,14-17,21H,5,10-13H2,1-4H3. The summed E-state index contributed by atoms with van der Waals surface area (Å²) < 4.78 is 11.6. The number of aliphatic hydroxyl groups excluding tert-OH is 1. The summed E-state index contributed by atoms with van der Waals surface area (Å²) in [5.74, 6) is 1.36. The summed E-state index contributed by atoms with van der Waals surface area (Å²) in [5, 5.41) is 10.3. The first-order valence-corrected chi connectivity index (χ1v) is 8.77. The molecule has 1 N–H and O–H groups in total. The third kappa shape index (κ3) is 5.48. The largest absolute Gasteiger partial charge is 0.491 e. The molecule has 1 aromatic rings. The maximum Gasteiger partial charge on any atom is 0.122 e. The smallest absolute Gasteiger partial charge is 0.122 e. The van der Waals surface area contributed by atoms with Crippen LogP contribution in [-0.4, -0.2) is 54.6 Å². The Balaban J connectivity index is 1.86. The number of aliphatic hydroxyl groups is 1. The Morgan fingerprint density at radius 2 is 1.91 bits per heavy atom. The highest BCUT2D eigenvalue weighted by Crippen LogP contribution is 2.28. The first-order chi connectivity index (χ1) is 11.0. The molecule has 0 bridgehead atoms. The Morgan fingerprint density at radius 1 is 1.26 bits per heavy atom. The van der Waals surface area contributed by atoms with Crippen molar-refractivity contribution in [2.24, 2.45) is 0 Å². The molecule has 1 heterocycles. The van der Waals surface area contributed by atoms with Gasteiger partial charge in [-0.25, -0.2) is 0 Å². The number of para-hydroxylation sites is 1. The van der Waals surface area contributed by atoms with E-state index >= 15 is 0 Å². The lowest BCUT2D eigenvalue weighted by atomic mass is 9.98. The van der Waals surface area contributed by atoms with Gasteiger partial charge in [0.2, 0.25) is 0 Å². The Hall–Kier alpha value is -1.10. The highest BCUT2D eigenvalue weighted by atomic mass is 16.5. The summed E-state index contributed by atoms with van der Waals surface area (Å²) in [6.07, 6.45) is 1.03. The van der Waals surface area contributed by atoms with E-state index < -0.39 is 6.10 Å². The molecule has 4 nitrogen and oxygen atoms in total. The van der Waals surface area contributed by atoms with Gasteiger partial charge in [-0.05, 0) is 37.8 Å². The topological polar surface area (TPSA) is 41.9 Å². The summed E-state index contributed by atoms with van der Waals surface area (Å²) in [6.45, 7) is 11.2. The van der Waals surface area contributed by atoms with Crippen molar-refractivity contribution in [3.63, 3.8) is 0 Å². The number of morpholine rings is 1. The van der Waals surface area contributed by atoms with Gasteiger partial charge < -0.3 is 14.6 Å². The minimum atomic E-state index is -0.488. The molecule has 0 aliphatic carbocycles. The van der Waals surface area contributed by atoms with Crippen molar-refractivity contribution in [3.05, 3.63) is 29.8 Å². The maximum absolute atomic E-state index is 10.3. The molecular weight excluding hydrogens is 290 g/mol.